The standard InChI is InChI=1S/C58H36N2S2/c1-3-12-37(13-4-1)38-22-24-39(25-23-38)41-16-11-17-44(30-41)52-36-53(60-58(59-52)40-14-5-2-6-15-40)47-32-45(42-26-28-56-50(34-42)48-18-7-9-20-54(48)61-56)31-46(33-47)43-27-29-57-51(35-43)49-19-8-10-21-55(49)62-57/h1-36H. The van der Waals surface area contributed by atoms with E-state index < -0.39 is 0 Å². The molecule has 0 N–H and O–H groups in total. The van der Waals surface area contributed by atoms with Crippen molar-refractivity contribution >= 4 is 63.0 Å². The van der Waals surface area contributed by atoms with Crippen LogP contribution in [0.4, 0.5) is 0 Å². The third-order valence-electron chi connectivity index (χ3n) is 11.9. The van der Waals surface area contributed by atoms with Crippen LogP contribution in [0.25, 0.3) is 119 Å². The molecule has 0 spiro atoms. The van der Waals surface area contributed by atoms with Crippen molar-refractivity contribution in [2.24, 2.45) is 0 Å². The van der Waals surface area contributed by atoms with Gasteiger partial charge in [-0.05, 0) is 111 Å². The minimum Gasteiger partial charge on any atom is -0.228 e. The average molecular weight is 825 g/mol. The molecule has 0 saturated carbocycles. The van der Waals surface area contributed by atoms with Crippen molar-refractivity contribution in [3.05, 3.63) is 218 Å². The first-order valence-electron chi connectivity index (χ1n) is 20.9. The Bertz CT molecular complexity index is 3490. The number of thiophene rings is 2. The lowest BCUT2D eigenvalue weighted by atomic mass is 9.93. The largest absolute Gasteiger partial charge is 0.228 e. The van der Waals surface area contributed by atoms with E-state index in [1.807, 2.05) is 28.7 Å². The number of fused-ring (bicyclic) bond motifs is 6. The van der Waals surface area contributed by atoms with Crippen molar-refractivity contribution in [3.8, 4) is 78.4 Å². The Morgan fingerprint density at radius 3 is 1.21 bits per heavy atom. The molecule has 62 heavy (non-hydrogen) atoms. The predicted molar refractivity (Wildman–Crippen MR) is 266 cm³/mol. The highest BCUT2D eigenvalue weighted by Gasteiger charge is 2.16. The fraction of sp³-hybridized carbons (Fsp3) is 0. The van der Waals surface area contributed by atoms with Crippen LogP contribution >= 0.6 is 22.7 Å². The molecule has 4 heteroatoms. The molecule has 0 bridgehead atoms. The third-order valence-corrected chi connectivity index (χ3v) is 14.2. The zero-order valence-electron chi connectivity index (χ0n) is 33.5. The van der Waals surface area contributed by atoms with Gasteiger partial charge in [-0.25, -0.2) is 9.97 Å². The summed E-state index contributed by atoms with van der Waals surface area (Å²) in [5, 5.41) is 5.16. The van der Waals surface area contributed by atoms with Crippen molar-refractivity contribution in [3.63, 3.8) is 0 Å². The number of benzene rings is 9. The SMILES string of the molecule is c1ccc(-c2ccc(-c3cccc(-c4cc(-c5cc(-c6ccc7sc8ccccc8c7c6)cc(-c6ccc7sc8ccccc8c7c6)c5)nc(-c5ccccc5)n4)c3)cc2)cc1. The highest BCUT2D eigenvalue weighted by Crippen LogP contribution is 2.41. The van der Waals surface area contributed by atoms with Gasteiger partial charge in [-0.2, -0.15) is 0 Å². The maximum absolute atomic E-state index is 5.35. The molecular formula is C58H36N2S2. The van der Waals surface area contributed by atoms with Gasteiger partial charge in [0.15, 0.2) is 5.82 Å². The maximum atomic E-state index is 5.35. The van der Waals surface area contributed by atoms with Crippen LogP contribution in [0.3, 0.4) is 0 Å². The average Bonchev–Trinajstić information content (AvgIpc) is 3.92. The summed E-state index contributed by atoms with van der Waals surface area (Å²) in [5.74, 6) is 0.694. The second-order valence-corrected chi connectivity index (χ2v) is 17.9. The monoisotopic (exact) mass is 824 g/mol. The summed E-state index contributed by atoms with van der Waals surface area (Å²) >= 11 is 3.70. The summed E-state index contributed by atoms with van der Waals surface area (Å²) in [4.78, 5) is 10.6. The highest BCUT2D eigenvalue weighted by atomic mass is 32.1. The second-order valence-electron chi connectivity index (χ2n) is 15.8. The van der Waals surface area contributed by atoms with Crippen molar-refractivity contribution in [1.29, 1.82) is 0 Å². The topological polar surface area (TPSA) is 25.8 Å². The van der Waals surface area contributed by atoms with Crippen LogP contribution in [0, 0.1) is 0 Å². The highest BCUT2D eigenvalue weighted by molar-refractivity contribution is 7.26. The van der Waals surface area contributed by atoms with Crippen LogP contribution in [0.2, 0.25) is 0 Å². The summed E-state index contributed by atoms with van der Waals surface area (Å²) < 4.78 is 5.20. The second kappa shape index (κ2) is 15.2. The molecule has 3 aromatic heterocycles. The van der Waals surface area contributed by atoms with E-state index in [1.165, 1.54) is 62.6 Å². The van der Waals surface area contributed by atoms with E-state index in [-0.39, 0.29) is 0 Å². The molecule has 0 radical (unpaired) electrons. The Hall–Kier alpha value is -7.50. The third kappa shape index (κ3) is 6.67. The smallest absolute Gasteiger partial charge is 0.160 e. The zero-order chi connectivity index (χ0) is 41.0. The summed E-state index contributed by atoms with van der Waals surface area (Å²) in [5.41, 5.74) is 14.2. The van der Waals surface area contributed by atoms with Crippen LogP contribution in [0.1, 0.15) is 0 Å². The normalized spacial score (nSPS) is 11.5. The summed E-state index contributed by atoms with van der Waals surface area (Å²) in [6, 6.07) is 78.8. The molecule has 0 aliphatic carbocycles. The summed E-state index contributed by atoms with van der Waals surface area (Å²) in [7, 11) is 0. The molecule has 12 aromatic rings. The Morgan fingerprint density at radius 1 is 0.226 bits per heavy atom. The Labute approximate surface area is 367 Å². The van der Waals surface area contributed by atoms with Crippen molar-refractivity contribution in [2.45, 2.75) is 0 Å². The number of aromatic nitrogens is 2. The Kier molecular flexibility index (Phi) is 8.91. The van der Waals surface area contributed by atoms with E-state index in [1.54, 1.807) is 0 Å². The molecule has 0 atom stereocenters. The van der Waals surface area contributed by atoms with Gasteiger partial charge in [-0.15, -0.1) is 22.7 Å². The van der Waals surface area contributed by atoms with Crippen LogP contribution in [-0.2, 0) is 0 Å². The van der Waals surface area contributed by atoms with Crippen molar-refractivity contribution < 1.29 is 0 Å². The molecule has 290 valence electrons. The minimum absolute atomic E-state index is 0.694. The molecule has 0 unspecified atom stereocenters. The van der Waals surface area contributed by atoms with Gasteiger partial charge in [0.25, 0.3) is 0 Å². The van der Waals surface area contributed by atoms with E-state index in [0.29, 0.717) is 5.82 Å². The Morgan fingerprint density at radius 2 is 0.613 bits per heavy atom. The lowest BCUT2D eigenvalue weighted by Gasteiger charge is -2.14. The van der Waals surface area contributed by atoms with Crippen molar-refractivity contribution in [1.82, 2.24) is 9.97 Å². The zero-order valence-corrected chi connectivity index (χ0v) is 35.1. The lowest BCUT2D eigenvalue weighted by Crippen LogP contribution is -1.97. The predicted octanol–water partition coefficient (Wildman–Crippen LogP) is 16.9. The number of rotatable bonds is 7. The fourth-order valence-corrected chi connectivity index (χ4v) is 10.9. The van der Waals surface area contributed by atoms with Gasteiger partial charge in [0, 0.05) is 57.0 Å². The van der Waals surface area contributed by atoms with E-state index in [2.05, 4.69) is 212 Å². The minimum atomic E-state index is 0.694. The molecule has 0 aliphatic heterocycles. The first-order valence-corrected chi connectivity index (χ1v) is 22.5. The van der Waals surface area contributed by atoms with Gasteiger partial charge < -0.3 is 0 Å². The quantitative estimate of drug-likeness (QED) is 0.160. The van der Waals surface area contributed by atoms with E-state index in [4.69, 9.17) is 9.97 Å². The molecule has 2 nitrogen and oxygen atoms in total. The van der Waals surface area contributed by atoms with Crippen LogP contribution in [0.15, 0.2) is 218 Å². The van der Waals surface area contributed by atoms with E-state index >= 15 is 0 Å². The van der Waals surface area contributed by atoms with Crippen LogP contribution < -0.4 is 0 Å². The first-order chi connectivity index (χ1) is 30.7. The molecule has 12 rings (SSSR count). The molecule has 0 saturated heterocycles. The number of hydrogen-bond acceptors (Lipinski definition) is 4. The van der Waals surface area contributed by atoms with E-state index in [0.717, 1.165) is 50.3 Å². The van der Waals surface area contributed by atoms with Crippen LogP contribution in [0.5, 0.6) is 0 Å². The van der Waals surface area contributed by atoms with Gasteiger partial charge in [0.1, 0.15) is 0 Å². The fourth-order valence-electron chi connectivity index (χ4n) is 8.72. The van der Waals surface area contributed by atoms with Crippen molar-refractivity contribution in [2.75, 3.05) is 0 Å². The van der Waals surface area contributed by atoms with Crippen LogP contribution in [-0.4, -0.2) is 9.97 Å². The molecule has 9 aromatic carbocycles. The Balaban J connectivity index is 1.03. The van der Waals surface area contributed by atoms with Gasteiger partial charge >= 0.3 is 0 Å². The lowest BCUT2D eigenvalue weighted by molar-refractivity contribution is 1.18. The molecule has 0 aliphatic rings. The van der Waals surface area contributed by atoms with Gasteiger partial charge in [0.05, 0.1) is 11.4 Å². The summed E-state index contributed by atoms with van der Waals surface area (Å²) in [6.07, 6.45) is 0. The number of hydrogen-bond donors (Lipinski definition) is 0. The number of nitrogens with zero attached hydrogens (tertiary/aromatic N) is 2. The van der Waals surface area contributed by atoms with Gasteiger partial charge in [0.2, 0.25) is 0 Å². The summed E-state index contributed by atoms with van der Waals surface area (Å²) in [6.45, 7) is 0. The molecule has 0 amide bonds. The van der Waals surface area contributed by atoms with E-state index in [9.17, 15) is 0 Å². The van der Waals surface area contributed by atoms with Gasteiger partial charge in [-0.1, -0.05) is 152 Å². The van der Waals surface area contributed by atoms with Gasteiger partial charge in [-0.3, -0.25) is 0 Å². The maximum Gasteiger partial charge on any atom is 0.160 e. The first kappa shape index (κ1) is 36.4. The molecule has 3 heterocycles. The molecular weight excluding hydrogens is 789 g/mol. The molecule has 0 fully saturated rings.